The molecule has 28 heavy (non-hydrogen) atoms. The molecular formula is C17H29N7O4. The molecule has 0 aromatic carbocycles. The molecule has 156 valence electrons. The Hall–Kier alpha value is -2.05. The highest BCUT2D eigenvalue weighted by atomic mass is 16.6. The molecule has 1 aliphatic rings. The van der Waals surface area contributed by atoms with Crippen LogP contribution in [0.1, 0.15) is 31.9 Å². The van der Waals surface area contributed by atoms with Crippen molar-refractivity contribution in [3.63, 3.8) is 0 Å². The number of aliphatic hydroxyl groups excluding tert-OH is 2. The highest BCUT2D eigenvalue weighted by Crippen LogP contribution is 2.35. The van der Waals surface area contributed by atoms with Crippen molar-refractivity contribution < 1.29 is 19.7 Å². The molecule has 2 aromatic rings. The molecule has 1 aliphatic heterocycles. The molecule has 0 aliphatic carbocycles. The van der Waals surface area contributed by atoms with Crippen LogP contribution in [0.15, 0.2) is 6.33 Å². The fourth-order valence-electron chi connectivity index (χ4n) is 3.36. The van der Waals surface area contributed by atoms with E-state index in [-0.39, 0.29) is 12.4 Å². The SMILES string of the molecule is COC[C@H]1O[C@@H](n2c(NCCCCCCN)nc3c(N)ncnc32)[C@H](O)[C@@H]1O. The van der Waals surface area contributed by atoms with Gasteiger partial charge in [-0.25, -0.2) is 15.0 Å². The van der Waals surface area contributed by atoms with E-state index in [0.717, 1.165) is 25.7 Å². The number of nitrogens with two attached hydrogens (primary N) is 2. The first-order valence-electron chi connectivity index (χ1n) is 9.51. The molecule has 7 N–H and O–H groups in total. The summed E-state index contributed by atoms with van der Waals surface area (Å²) >= 11 is 0. The number of anilines is 2. The standard InChI is InChI=1S/C17H29N7O4/c1-27-8-10-12(25)13(26)16(28-10)24-15-11(14(19)21-9-22-15)23-17(24)20-7-5-3-2-4-6-18/h9-10,12-13,16,25-26H,2-8,18H2,1H3,(H,20,23)(H2,19,21,22)/t10-,12-,13-,16-/m1/s1. The first kappa shape index (κ1) is 20.7. The van der Waals surface area contributed by atoms with E-state index in [9.17, 15) is 10.2 Å². The molecule has 0 spiro atoms. The minimum atomic E-state index is -1.17. The lowest BCUT2D eigenvalue weighted by Gasteiger charge is -2.19. The van der Waals surface area contributed by atoms with Crippen LogP contribution in [0.3, 0.4) is 0 Å². The third-order valence-electron chi connectivity index (χ3n) is 4.84. The Balaban J connectivity index is 1.84. The molecule has 0 bridgehead atoms. The first-order valence-corrected chi connectivity index (χ1v) is 9.51. The summed E-state index contributed by atoms with van der Waals surface area (Å²) < 4.78 is 12.6. The van der Waals surface area contributed by atoms with Crippen LogP contribution in [-0.4, -0.2) is 74.9 Å². The van der Waals surface area contributed by atoms with Crippen molar-refractivity contribution in [2.75, 3.05) is 37.9 Å². The van der Waals surface area contributed by atoms with Crippen molar-refractivity contribution in [1.82, 2.24) is 19.5 Å². The number of hydrogen-bond acceptors (Lipinski definition) is 10. The molecule has 2 aromatic heterocycles. The van der Waals surface area contributed by atoms with Crippen LogP contribution < -0.4 is 16.8 Å². The zero-order valence-corrected chi connectivity index (χ0v) is 16.0. The minimum absolute atomic E-state index is 0.155. The largest absolute Gasteiger partial charge is 0.387 e. The fourth-order valence-corrected chi connectivity index (χ4v) is 3.36. The Labute approximate surface area is 163 Å². The molecule has 11 nitrogen and oxygen atoms in total. The molecule has 1 saturated heterocycles. The van der Waals surface area contributed by atoms with Crippen molar-refractivity contribution >= 4 is 22.9 Å². The zero-order valence-electron chi connectivity index (χ0n) is 16.0. The van der Waals surface area contributed by atoms with Gasteiger partial charge in [-0.05, 0) is 19.4 Å². The van der Waals surface area contributed by atoms with Gasteiger partial charge in [0.25, 0.3) is 0 Å². The van der Waals surface area contributed by atoms with E-state index in [1.54, 1.807) is 4.57 Å². The summed E-state index contributed by atoms with van der Waals surface area (Å²) in [5.41, 5.74) is 12.3. The van der Waals surface area contributed by atoms with Crippen LogP contribution in [0.4, 0.5) is 11.8 Å². The second-order valence-corrected chi connectivity index (χ2v) is 6.87. The molecule has 0 radical (unpaired) electrons. The number of rotatable bonds is 10. The summed E-state index contributed by atoms with van der Waals surface area (Å²) in [5.74, 6) is 0.687. The molecule has 3 heterocycles. The van der Waals surface area contributed by atoms with Gasteiger partial charge in [0.15, 0.2) is 23.2 Å². The van der Waals surface area contributed by atoms with Crippen LogP contribution >= 0.6 is 0 Å². The van der Waals surface area contributed by atoms with Gasteiger partial charge in [0.05, 0.1) is 6.61 Å². The van der Waals surface area contributed by atoms with Gasteiger partial charge in [0, 0.05) is 13.7 Å². The zero-order chi connectivity index (χ0) is 20.1. The smallest absolute Gasteiger partial charge is 0.207 e. The lowest BCUT2D eigenvalue weighted by Crippen LogP contribution is -2.33. The molecule has 4 atom stereocenters. The van der Waals surface area contributed by atoms with Crippen LogP contribution in [0, 0.1) is 0 Å². The second kappa shape index (κ2) is 9.43. The number of nitrogens with one attached hydrogen (secondary N) is 1. The quantitative estimate of drug-likeness (QED) is 0.334. The summed E-state index contributed by atoms with van der Waals surface area (Å²) in [6.07, 6.45) is 1.59. The van der Waals surface area contributed by atoms with Gasteiger partial charge in [0.1, 0.15) is 24.6 Å². The average molecular weight is 395 g/mol. The van der Waals surface area contributed by atoms with Crippen LogP contribution in [0.5, 0.6) is 0 Å². The Morgan fingerprint density at radius 2 is 2.00 bits per heavy atom. The Morgan fingerprint density at radius 3 is 2.75 bits per heavy atom. The second-order valence-electron chi connectivity index (χ2n) is 6.87. The summed E-state index contributed by atoms with van der Waals surface area (Å²) in [4.78, 5) is 12.7. The normalized spacial score (nSPS) is 24.9. The van der Waals surface area contributed by atoms with Crippen LogP contribution in [-0.2, 0) is 9.47 Å². The molecule has 0 saturated carbocycles. The van der Waals surface area contributed by atoms with Crippen molar-refractivity contribution in [2.24, 2.45) is 5.73 Å². The Kier molecular flexibility index (Phi) is 6.97. The van der Waals surface area contributed by atoms with Crippen molar-refractivity contribution in [3.8, 4) is 0 Å². The number of hydrogen-bond donors (Lipinski definition) is 5. The maximum atomic E-state index is 10.6. The summed E-state index contributed by atoms with van der Waals surface area (Å²) in [7, 11) is 1.51. The number of ether oxygens (including phenoxy) is 2. The number of methoxy groups -OCH3 is 1. The van der Waals surface area contributed by atoms with E-state index >= 15 is 0 Å². The highest BCUT2D eigenvalue weighted by Gasteiger charge is 2.45. The van der Waals surface area contributed by atoms with E-state index in [2.05, 4.69) is 20.3 Å². The third kappa shape index (κ3) is 4.18. The van der Waals surface area contributed by atoms with Crippen molar-refractivity contribution in [3.05, 3.63) is 6.33 Å². The lowest BCUT2D eigenvalue weighted by atomic mass is 10.1. The van der Waals surface area contributed by atoms with Gasteiger partial charge >= 0.3 is 0 Å². The van der Waals surface area contributed by atoms with Gasteiger partial charge in [-0.2, -0.15) is 0 Å². The average Bonchev–Trinajstić information content (AvgIpc) is 3.18. The molecule has 0 unspecified atom stereocenters. The molecule has 0 amide bonds. The summed E-state index contributed by atoms with van der Waals surface area (Å²) in [6.45, 7) is 1.53. The number of unbranched alkanes of at least 4 members (excludes halogenated alkanes) is 3. The molecule has 3 rings (SSSR count). The predicted molar refractivity (Wildman–Crippen MR) is 104 cm³/mol. The summed E-state index contributed by atoms with van der Waals surface area (Å²) in [6, 6.07) is 0. The van der Waals surface area contributed by atoms with Gasteiger partial charge in [0.2, 0.25) is 5.95 Å². The summed E-state index contributed by atoms with van der Waals surface area (Å²) in [5, 5.41) is 24.1. The lowest BCUT2D eigenvalue weighted by molar-refractivity contribution is -0.0571. The van der Waals surface area contributed by atoms with Gasteiger partial charge in [-0.3, -0.25) is 4.57 Å². The van der Waals surface area contributed by atoms with Crippen molar-refractivity contribution in [2.45, 2.75) is 50.2 Å². The van der Waals surface area contributed by atoms with E-state index in [1.807, 2.05) is 0 Å². The van der Waals surface area contributed by atoms with Crippen LogP contribution in [0.25, 0.3) is 11.2 Å². The van der Waals surface area contributed by atoms with Crippen LogP contribution in [0.2, 0.25) is 0 Å². The first-order chi connectivity index (χ1) is 13.6. The highest BCUT2D eigenvalue weighted by molar-refractivity contribution is 5.84. The number of aromatic nitrogens is 4. The van der Waals surface area contributed by atoms with E-state index < -0.39 is 24.5 Å². The number of nitrogens with zero attached hydrogens (tertiary/aromatic N) is 4. The van der Waals surface area contributed by atoms with E-state index in [4.69, 9.17) is 20.9 Å². The van der Waals surface area contributed by atoms with Crippen molar-refractivity contribution in [1.29, 1.82) is 0 Å². The van der Waals surface area contributed by atoms with E-state index in [1.165, 1.54) is 13.4 Å². The number of aliphatic hydroxyl groups is 2. The third-order valence-corrected chi connectivity index (χ3v) is 4.84. The van der Waals surface area contributed by atoms with Gasteiger partial charge in [-0.15, -0.1) is 0 Å². The Bertz CT molecular complexity index is 771. The maximum Gasteiger partial charge on any atom is 0.207 e. The minimum Gasteiger partial charge on any atom is -0.387 e. The number of nitrogen functional groups attached to an aromatic ring is 1. The Morgan fingerprint density at radius 1 is 1.21 bits per heavy atom. The predicted octanol–water partition coefficient (Wildman–Crippen LogP) is -0.395. The van der Waals surface area contributed by atoms with Gasteiger partial charge in [-0.1, -0.05) is 12.8 Å². The fraction of sp³-hybridized carbons (Fsp3) is 0.706. The molecule has 1 fully saturated rings. The van der Waals surface area contributed by atoms with E-state index in [0.29, 0.717) is 30.2 Å². The monoisotopic (exact) mass is 395 g/mol. The number of imidazole rings is 1. The number of fused-ring (bicyclic) bond motifs is 1. The maximum absolute atomic E-state index is 10.6. The molecule has 11 heteroatoms. The molecular weight excluding hydrogens is 366 g/mol. The topological polar surface area (TPSA) is 167 Å². The van der Waals surface area contributed by atoms with Gasteiger partial charge < -0.3 is 36.5 Å².